The van der Waals surface area contributed by atoms with Crippen LogP contribution in [0.3, 0.4) is 0 Å². The van der Waals surface area contributed by atoms with Crippen LogP contribution in [0.25, 0.3) is 0 Å². The fraction of sp³-hybridized carbons (Fsp3) is 0.400. The lowest BCUT2D eigenvalue weighted by Crippen LogP contribution is -2.26. The number of benzene rings is 2. The number of hydrogen-bond acceptors (Lipinski definition) is 2. The van der Waals surface area contributed by atoms with E-state index in [0.29, 0.717) is 0 Å². The molecule has 0 atom stereocenters. The van der Waals surface area contributed by atoms with Crippen molar-refractivity contribution in [2.75, 3.05) is 13.1 Å². The van der Waals surface area contributed by atoms with Crippen molar-refractivity contribution >= 4 is 24.8 Å². The molecule has 0 heterocycles. The summed E-state index contributed by atoms with van der Waals surface area (Å²) in [6, 6.07) is 13.4. The topological polar surface area (TPSA) is 24.1 Å². The number of hydrogen-bond donors (Lipinski definition) is 2. The van der Waals surface area contributed by atoms with Crippen LogP contribution in [0.15, 0.2) is 36.4 Å². The normalized spacial score (nSPS) is 10.0. The van der Waals surface area contributed by atoms with E-state index >= 15 is 0 Å². The molecule has 0 bridgehead atoms. The number of halogens is 2. The highest BCUT2D eigenvalue weighted by atomic mass is 35.5. The maximum atomic E-state index is 3.50. The smallest absolute Gasteiger partial charge is 0.0206 e. The second kappa shape index (κ2) is 11.5. The number of nitrogens with one attached hydrogen (secondary N) is 2. The summed E-state index contributed by atoms with van der Waals surface area (Å²) in [5, 5.41) is 7.01. The summed E-state index contributed by atoms with van der Waals surface area (Å²) in [6.45, 7) is 12.5. The third-order valence-corrected chi connectivity index (χ3v) is 3.70. The van der Waals surface area contributed by atoms with E-state index in [9.17, 15) is 0 Å². The summed E-state index contributed by atoms with van der Waals surface area (Å²) in [7, 11) is 0. The van der Waals surface area contributed by atoms with Crippen molar-refractivity contribution in [3.8, 4) is 0 Å². The van der Waals surface area contributed by atoms with Crippen LogP contribution in [0.5, 0.6) is 0 Å². The molecule has 0 fully saturated rings. The van der Waals surface area contributed by atoms with Crippen LogP contribution in [0, 0.1) is 27.7 Å². The molecule has 0 aliphatic rings. The highest BCUT2D eigenvalue weighted by molar-refractivity contribution is 5.85. The number of aryl methyl sites for hydroxylation is 4. The molecule has 2 nitrogen and oxygen atoms in total. The van der Waals surface area contributed by atoms with E-state index < -0.39 is 0 Å². The summed E-state index contributed by atoms with van der Waals surface area (Å²) >= 11 is 0. The van der Waals surface area contributed by atoms with Crippen molar-refractivity contribution in [3.05, 3.63) is 69.8 Å². The molecule has 2 N–H and O–H groups in total. The molecule has 24 heavy (non-hydrogen) atoms. The maximum Gasteiger partial charge on any atom is 0.0206 e. The van der Waals surface area contributed by atoms with Crippen molar-refractivity contribution in [1.82, 2.24) is 10.6 Å². The predicted molar refractivity (Wildman–Crippen MR) is 110 cm³/mol. The Morgan fingerprint density at radius 3 is 1.12 bits per heavy atom. The molecule has 2 aromatic rings. The molecule has 0 aliphatic heterocycles. The lowest BCUT2D eigenvalue weighted by Gasteiger charge is -2.09. The van der Waals surface area contributed by atoms with E-state index in [1.54, 1.807) is 0 Å². The number of rotatable bonds is 7. The van der Waals surface area contributed by atoms with Crippen LogP contribution in [0.2, 0.25) is 0 Å². The van der Waals surface area contributed by atoms with Crippen LogP contribution < -0.4 is 10.6 Å². The molecule has 0 aromatic heterocycles. The van der Waals surface area contributed by atoms with Crippen molar-refractivity contribution in [2.24, 2.45) is 0 Å². The third-order valence-electron chi connectivity index (χ3n) is 3.70. The molecular formula is C20H30Cl2N2. The van der Waals surface area contributed by atoms with Gasteiger partial charge in [0, 0.05) is 26.2 Å². The molecule has 0 aliphatic carbocycles. The first-order valence-electron chi connectivity index (χ1n) is 8.09. The summed E-state index contributed by atoms with van der Waals surface area (Å²) in [5.74, 6) is 0. The lowest BCUT2D eigenvalue weighted by molar-refractivity contribution is 0.610. The van der Waals surface area contributed by atoms with Gasteiger partial charge in [0.05, 0.1) is 0 Å². The molecule has 134 valence electrons. The zero-order valence-corrected chi connectivity index (χ0v) is 16.7. The largest absolute Gasteiger partial charge is 0.311 e. The first kappa shape index (κ1) is 22.9. The van der Waals surface area contributed by atoms with E-state index in [2.05, 4.69) is 74.7 Å². The summed E-state index contributed by atoms with van der Waals surface area (Å²) in [6.07, 6.45) is 0. The molecule has 0 saturated carbocycles. The van der Waals surface area contributed by atoms with Gasteiger partial charge in [0.25, 0.3) is 0 Å². The van der Waals surface area contributed by atoms with E-state index in [1.165, 1.54) is 33.4 Å². The molecular weight excluding hydrogens is 339 g/mol. The van der Waals surface area contributed by atoms with Gasteiger partial charge in [-0.2, -0.15) is 0 Å². The van der Waals surface area contributed by atoms with Gasteiger partial charge in [-0.3, -0.25) is 0 Å². The van der Waals surface area contributed by atoms with Crippen LogP contribution in [0.4, 0.5) is 0 Å². The summed E-state index contributed by atoms with van der Waals surface area (Å²) < 4.78 is 0. The van der Waals surface area contributed by atoms with Gasteiger partial charge in [-0.05, 0) is 38.8 Å². The first-order valence-corrected chi connectivity index (χ1v) is 8.09. The Hall–Kier alpha value is -1.06. The molecule has 0 radical (unpaired) electrons. The van der Waals surface area contributed by atoms with Gasteiger partial charge in [0.15, 0.2) is 0 Å². The molecule has 0 unspecified atom stereocenters. The van der Waals surface area contributed by atoms with E-state index in [-0.39, 0.29) is 24.8 Å². The Bertz CT molecular complexity index is 531. The third kappa shape index (κ3) is 8.16. The van der Waals surface area contributed by atoms with Crippen LogP contribution >= 0.6 is 24.8 Å². The molecule has 0 amide bonds. The van der Waals surface area contributed by atoms with Crippen LogP contribution in [0.1, 0.15) is 33.4 Å². The monoisotopic (exact) mass is 368 g/mol. The average Bonchev–Trinajstić information content (AvgIpc) is 2.40. The van der Waals surface area contributed by atoms with Crippen molar-refractivity contribution in [2.45, 2.75) is 40.8 Å². The highest BCUT2D eigenvalue weighted by Crippen LogP contribution is 2.09. The summed E-state index contributed by atoms with van der Waals surface area (Å²) in [4.78, 5) is 0. The maximum absolute atomic E-state index is 3.50. The fourth-order valence-corrected chi connectivity index (χ4v) is 2.98. The van der Waals surface area contributed by atoms with Gasteiger partial charge in [-0.15, -0.1) is 24.8 Å². The van der Waals surface area contributed by atoms with Crippen LogP contribution in [-0.2, 0) is 13.1 Å². The SMILES string of the molecule is Cc1cc(C)cc(CNCCNCc2cc(C)cc(C)c2)c1.Cl.Cl. The zero-order valence-electron chi connectivity index (χ0n) is 15.1. The van der Waals surface area contributed by atoms with Gasteiger partial charge < -0.3 is 10.6 Å². The van der Waals surface area contributed by atoms with Gasteiger partial charge in [-0.1, -0.05) is 58.7 Å². The Kier molecular flexibility index (Phi) is 11.0. The summed E-state index contributed by atoms with van der Waals surface area (Å²) in [5.41, 5.74) is 8.09. The zero-order chi connectivity index (χ0) is 15.9. The minimum atomic E-state index is 0. The fourth-order valence-electron chi connectivity index (χ4n) is 2.98. The molecule has 2 rings (SSSR count). The Balaban J connectivity index is 0.00000264. The van der Waals surface area contributed by atoms with Crippen molar-refractivity contribution < 1.29 is 0 Å². The minimum Gasteiger partial charge on any atom is -0.311 e. The highest BCUT2D eigenvalue weighted by Gasteiger charge is 1.97. The molecule has 4 heteroatoms. The first-order chi connectivity index (χ1) is 10.5. The molecule has 0 spiro atoms. The van der Waals surface area contributed by atoms with Gasteiger partial charge in [0.2, 0.25) is 0 Å². The second-order valence-electron chi connectivity index (χ2n) is 6.35. The Morgan fingerprint density at radius 1 is 0.542 bits per heavy atom. The standard InChI is InChI=1S/C20H28N2.2ClH/c1-15-7-16(2)10-19(9-15)13-21-5-6-22-14-20-11-17(3)8-18(4)12-20;;/h7-12,21-22H,5-6,13-14H2,1-4H3;2*1H. The van der Waals surface area contributed by atoms with Crippen LogP contribution in [-0.4, -0.2) is 13.1 Å². The van der Waals surface area contributed by atoms with Gasteiger partial charge in [-0.25, -0.2) is 0 Å². The quantitative estimate of drug-likeness (QED) is 0.695. The van der Waals surface area contributed by atoms with Crippen molar-refractivity contribution in [1.29, 1.82) is 0 Å². The average molecular weight is 369 g/mol. The van der Waals surface area contributed by atoms with Crippen molar-refractivity contribution in [3.63, 3.8) is 0 Å². The molecule has 2 aromatic carbocycles. The van der Waals surface area contributed by atoms with Gasteiger partial charge in [0.1, 0.15) is 0 Å². The van der Waals surface area contributed by atoms with E-state index in [0.717, 1.165) is 26.2 Å². The Labute approximate surface area is 159 Å². The Morgan fingerprint density at radius 2 is 0.833 bits per heavy atom. The predicted octanol–water partition coefficient (Wildman–Crippen LogP) is 4.64. The van der Waals surface area contributed by atoms with E-state index in [4.69, 9.17) is 0 Å². The molecule has 0 saturated heterocycles. The van der Waals surface area contributed by atoms with E-state index in [1.807, 2.05) is 0 Å². The van der Waals surface area contributed by atoms with Gasteiger partial charge >= 0.3 is 0 Å². The minimum absolute atomic E-state index is 0. The lowest BCUT2D eigenvalue weighted by atomic mass is 10.1. The second-order valence-corrected chi connectivity index (χ2v) is 6.35.